The Morgan fingerprint density at radius 2 is 1.35 bits per heavy atom. The number of halogens is 8. The van der Waals surface area contributed by atoms with Crippen LogP contribution in [0.1, 0.15) is 0 Å². The number of hydrogen-bond acceptors (Lipinski definition) is 1. The van der Waals surface area contributed by atoms with Crippen LogP contribution in [0.25, 0.3) is 0 Å². The molecule has 0 aliphatic heterocycles. The largest absolute Gasteiger partial charge is 0.478 e. The summed E-state index contributed by atoms with van der Waals surface area (Å²) in [4.78, 5) is 10.1. The van der Waals surface area contributed by atoms with Gasteiger partial charge >= 0.3 is 29.7 Å². The lowest BCUT2D eigenvalue weighted by Gasteiger charge is -2.39. The minimum Gasteiger partial charge on any atom is -0.478 e. The van der Waals surface area contributed by atoms with E-state index < -0.39 is 41.3 Å². The van der Waals surface area contributed by atoms with Gasteiger partial charge in [0, 0.05) is 6.08 Å². The van der Waals surface area contributed by atoms with Crippen LogP contribution in [0.2, 0.25) is 0 Å². The van der Waals surface area contributed by atoms with Gasteiger partial charge in [0.1, 0.15) is 5.57 Å². The van der Waals surface area contributed by atoms with Crippen LogP contribution in [-0.2, 0) is 4.79 Å². The molecule has 17 heavy (non-hydrogen) atoms. The highest BCUT2D eigenvalue weighted by Gasteiger charge is 2.84. The van der Waals surface area contributed by atoms with Crippen molar-refractivity contribution in [1.82, 2.24) is 0 Å². The van der Waals surface area contributed by atoms with Crippen LogP contribution in [0.3, 0.4) is 0 Å². The molecule has 98 valence electrons. The molecule has 0 spiro atoms. The Hall–Kier alpha value is -1.35. The maximum absolute atomic E-state index is 12.7. The maximum Gasteiger partial charge on any atom is 0.383 e. The fourth-order valence-electron chi connectivity index (χ4n) is 1.13. The van der Waals surface area contributed by atoms with E-state index in [1.165, 1.54) is 0 Å². The van der Waals surface area contributed by atoms with E-state index in [0.29, 0.717) is 0 Å². The van der Waals surface area contributed by atoms with E-state index in [1.807, 2.05) is 0 Å². The molecule has 10 heteroatoms. The Morgan fingerprint density at radius 3 is 1.71 bits per heavy atom. The van der Waals surface area contributed by atoms with Crippen LogP contribution in [0.15, 0.2) is 11.6 Å². The third-order valence-electron chi connectivity index (χ3n) is 2.10. The minimum atomic E-state index is -6.51. The van der Waals surface area contributed by atoms with Crippen LogP contribution in [-0.4, -0.2) is 34.8 Å². The Morgan fingerprint density at radius 1 is 0.941 bits per heavy atom. The first-order valence-corrected chi connectivity index (χ1v) is 3.77. The lowest BCUT2D eigenvalue weighted by Crippen LogP contribution is -2.66. The van der Waals surface area contributed by atoms with E-state index in [1.54, 1.807) is 0 Å². The fourth-order valence-corrected chi connectivity index (χ4v) is 1.13. The average molecular weight is 270 g/mol. The van der Waals surface area contributed by atoms with Crippen molar-refractivity contribution in [2.24, 2.45) is 0 Å². The van der Waals surface area contributed by atoms with E-state index in [0.717, 1.165) is 0 Å². The van der Waals surface area contributed by atoms with Crippen molar-refractivity contribution in [2.45, 2.75) is 23.7 Å². The standard InChI is InChI=1S/C7H2F8O2/c8-4(9)1-2(3(16)17)5(10,11)7(14,15)6(4,12)13/h1H,(H,16,17). The topological polar surface area (TPSA) is 37.3 Å². The van der Waals surface area contributed by atoms with E-state index in [9.17, 15) is 39.9 Å². The molecule has 1 rings (SSSR count). The van der Waals surface area contributed by atoms with E-state index >= 15 is 0 Å². The number of aliphatic carboxylic acids is 1. The number of carboxylic acids is 1. The van der Waals surface area contributed by atoms with Gasteiger partial charge in [0.05, 0.1) is 0 Å². The molecule has 0 atom stereocenters. The molecule has 0 unspecified atom stereocenters. The zero-order chi connectivity index (χ0) is 13.9. The summed E-state index contributed by atoms with van der Waals surface area (Å²) >= 11 is 0. The molecule has 1 aliphatic carbocycles. The minimum absolute atomic E-state index is 1.35. The van der Waals surface area contributed by atoms with Crippen molar-refractivity contribution in [3.8, 4) is 0 Å². The van der Waals surface area contributed by atoms with E-state index in [4.69, 9.17) is 5.11 Å². The average Bonchev–Trinajstić information content (AvgIpc) is 2.11. The number of hydrogen-bond donors (Lipinski definition) is 1. The Labute approximate surface area is 87.5 Å². The first-order valence-electron chi connectivity index (χ1n) is 3.77. The normalized spacial score (nSPS) is 28.4. The smallest absolute Gasteiger partial charge is 0.383 e. The summed E-state index contributed by atoms with van der Waals surface area (Å²) in [5.41, 5.74) is -2.77. The van der Waals surface area contributed by atoms with Gasteiger partial charge in [-0.05, 0) is 0 Å². The predicted molar refractivity (Wildman–Crippen MR) is 35.5 cm³/mol. The van der Waals surface area contributed by atoms with Crippen LogP contribution >= 0.6 is 0 Å². The SMILES string of the molecule is O=C(O)C1=CC(F)(F)C(F)(F)C(F)(F)C1(F)F. The zero-order valence-electron chi connectivity index (χ0n) is 7.46. The second-order valence-electron chi connectivity index (χ2n) is 3.21. The van der Waals surface area contributed by atoms with Gasteiger partial charge in [-0.2, -0.15) is 35.1 Å². The molecule has 0 aromatic heterocycles. The van der Waals surface area contributed by atoms with Crippen LogP contribution in [0.4, 0.5) is 35.1 Å². The van der Waals surface area contributed by atoms with Crippen molar-refractivity contribution < 1.29 is 45.0 Å². The lowest BCUT2D eigenvalue weighted by molar-refractivity contribution is -0.355. The summed E-state index contributed by atoms with van der Waals surface area (Å²) < 4.78 is 101. The van der Waals surface area contributed by atoms with Gasteiger partial charge in [0.2, 0.25) is 0 Å². The molecule has 0 saturated carbocycles. The second-order valence-corrected chi connectivity index (χ2v) is 3.21. The van der Waals surface area contributed by atoms with Gasteiger partial charge < -0.3 is 5.11 Å². The summed E-state index contributed by atoms with van der Waals surface area (Å²) in [5, 5.41) is 8.05. The number of carbonyl (C=O) groups is 1. The molecular formula is C7H2F8O2. The van der Waals surface area contributed by atoms with E-state index in [-0.39, 0.29) is 0 Å². The molecule has 2 nitrogen and oxygen atoms in total. The molecule has 1 N–H and O–H groups in total. The van der Waals surface area contributed by atoms with Gasteiger partial charge in [-0.25, -0.2) is 4.79 Å². The number of rotatable bonds is 1. The molecule has 0 fully saturated rings. The van der Waals surface area contributed by atoms with Crippen molar-refractivity contribution in [3.63, 3.8) is 0 Å². The Balaban J connectivity index is 3.61. The molecular weight excluding hydrogens is 268 g/mol. The Bertz CT molecular complexity index is 397. The molecule has 0 aromatic carbocycles. The predicted octanol–water partition coefficient (Wildman–Crippen LogP) is 2.55. The van der Waals surface area contributed by atoms with Crippen LogP contribution in [0, 0.1) is 0 Å². The highest BCUT2D eigenvalue weighted by atomic mass is 19.4. The van der Waals surface area contributed by atoms with Gasteiger partial charge in [0.15, 0.2) is 0 Å². The molecule has 0 aromatic rings. The quantitative estimate of drug-likeness (QED) is 0.743. The first kappa shape index (κ1) is 13.7. The second kappa shape index (κ2) is 3.10. The first-order chi connectivity index (χ1) is 7.29. The molecule has 0 amide bonds. The van der Waals surface area contributed by atoms with Crippen molar-refractivity contribution >= 4 is 5.97 Å². The van der Waals surface area contributed by atoms with Crippen molar-refractivity contribution in [3.05, 3.63) is 11.6 Å². The van der Waals surface area contributed by atoms with Crippen LogP contribution < -0.4 is 0 Å². The third-order valence-corrected chi connectivity index (χ3v) is 2.10. The van der Waals surface area contributed by atoms with Crippen molar-refractivity contribution in [1.29, 1.82) is 0 Å². The summed E-state index contributed by atoms with van der Waals surface area (Å²) in [5.74, 6) is -27.3. The highest BCUT2D eigenvalue weighted by molar-refractivity contribution is 5.89. The maximum atomic E-state index is 12.7. The number of carboxylic acid groups (broad SMARTS) is 1. The molecule has 0 radical (unpaired) electrons. The summed E-state index contributed by atoms with van der Waals surface area (Å²) in [7, 11) is 0. The van der Waals surface area contributed by atoms with Crippen molar-refractivity contribution in [2.75, 3.05) is 0 Å². The molecule has 0 heterocycles. The summed E-state index contributed by atoms with van der Waals surface area (Å²) in [6.45, 7) is 0. The fraction of sp³-hybridized carbons (Fsp3) is 0.571. The molecule has 0 saturated heterocycles. The third kappa shape index (κ3) is 1.42. The summed E-state index contributed by atoms with van der Waals surface area (Å²) in [6.07, 6.45) is -1.35. The van der Waals surface area contributed by atoms with E-state index in [2.05, 4.69) is 0 Å². The number of allylic oxidation sites excluding steroid dienone is 1. The Kier molecular flexibility index (Phi) is 2.50. The highest BCUT2D eigenvalue weighted by Crippen LogP contribution is 2.58. The van der Waals surface area contributed by atoms with Gasteiger partial charge in [-0.1, -0.05) is 0 Å². The molecule has 0 bridgehead atoms. The van der Waals surface area contributed by atoms with Gasteiger partial charge in [-0.15, -0.1) is 0 Å². The van der Waals surface area contributed by atoms with Gasteiger partial charge in [0.25, 0.3) is 0 Å². The molecule has 1 aliphatic rings. The monoisotopic (exact) mass is 270 g/mol. The summed E-state index contributed by atoms with van der Waals surface area (Å²) in [6, 6.07) is 0. The van der Waals surface area contributed by atoms with Crippen LogP contribution in [0.5, 0.6) is 0 Å². The van der Waals surface area contributed by atoms with Gasteiger partial charge in [-0.3, -0.25) is 0 Å². The number of alkyl halides is 8. The lowest BCUT2D eigenvalue weighted by atomic mass is 9.86. The zero-order valence-corrected chi connectivity index (χ0v) is 7.46.